The molecule has 7 nitrogen and oxygen atoms in total. The third-order valence-corrected chi connectivity index (χ3v) is 4.45. The van der Waals surface area contributed by atoms with Crippen LogP contribution < -0.4 is 5.32 Å². The van der Waals surface area contributed by atoms with Crippen molar-refractivity contribution in [1.29, 1.82) is 0 Å². The Morgan fingerprint density at radius 1 is 1.38 bits per heavy atom. The second-order valence-electron chi connectivity index (χ2n) is 6.93. The van der Waals surface area contributed by atoms with Crippen LogP contribution in [0, 0.1) is 5.92 Å². The standard InChI is InChI=1S/C17H28N4O3/c1-10(2)14(20-17(23)24-5)16(22)21-8-6-7-13(21)12-9-18-15(19-12)11(3)4/h9-11,13-14H,6-8H2,1-5H3,(H,18,19)(H,20,23). The van der Waals surface area contributed by atoms with E-state index in [0.29, 0.717) is 12.5 Å². The van der Waals surface area contributed by atoms with Gasteiger partial charge in [0, 0.05) is 12.5 Å². The summed E-state index contributed by atoms with van der Waals surface area (Å²) >= 11 is 0. The maximum absolute atomic E-state index is 13.0. The van der Waals surface area contributed by atoms with Crippen molar-refractivity contribution in [3.8, 4) is 0 Å². The summed E-state index contributed by atoms with van der Waals surface area (Å²) in [5.74, 6) is 1.15. The van der Waals surface area contributed by atoms with E-state index in [1.807, 2.05) is 24.9 Å². The molecule has 0 spiro atoms. The average Bonchev–Trinajstić information content (AvgIpc) is 3.19. The third kappa shape index (κ3) is 3.88. The predicted molar refractivity (Wildman–Crippen MR) is 90.5 cm³/mol. The quantitative estimate of drug-likeness (QED) is 0.865. The molecule has 0 aromatic carbocycles. The normalized spacial score (nSPS) is 19.0. The molecule has 1 aliphatic heterocycles. The van der Waals surface area contributed by atoms with Crippen molar-refractivity contribution < 1.29 is 14.3 Å². The third-order valence-electron chi connectivity index (χ3n) is 4.45. The molecule has 134 valence electrons. The number of aromatic amines is 1. The number of ether oxygens (including phenoxy) is 1. The maximum Gasteiger partial charge on any atom is 0.407 e. The van der Waals surface area contributed by atoms with E-state index < -0.39 is 12.1 Å². The Labute approximate surface area is 143 Å². The molecule has 0 aliphatic carbocycles. The topological polar surface area (TPSA) is 87.3 Å². The minimum Gasteiger partial charge on any atom is -0.453 e. The summed E-state index contributed by atoms with van der Waals surface area (Å²) in [5, 5.41) is 2.66. The molecule has 2 N–H and O–H groups in total. The highest BCUT2D eigenvalue weighted by molar-refractivity contribution is 5.86. The van der Waals surface area contributed by atoms with Gasteiger partial charge in [0.15, 0.2) is 0 Å². The Kier molecular flexibility index (Phi) is 5.85. The number of nitrogens with zero attached hydrogens (tertiary/aromatic N) is 2. The monoisotopic (exact) mass is 336 g/mol. The van der Waals surface area contributed by atoms with Crippen LogP contribution in [0.1, 0.15) is 64.0 Å². The predicted octanol–water partition coefficient (Wildman–Crippen LogP) is 2.58. The zero-order chi connectivity index (χ0) is 17.9. The van der Waals surface area contributed by atoms with Crippen molar-refractivity contribution in [2.75, 3.05) is 13.7 Å². The Hall–Kier alpha value is -2.05. The van der Waals surface area contributed by atoms with Gasteiger partial charge in [0.05, 0.1) is 25.0 Å². The molecule has 2 unspecified atom stereocenters. The second-order valence-corrected chi connectivity index (χ2v) is 6.93. The number of nitrogens with one attached hydrogen (secondary N) is 2. The SMILES string of the molecule is COC(=O)NC(C(=O)N1CCCC1c1cnc(C(C)C)[nH]1)C(C)C. The van der Waals surface area contributed by atoms with E-state index in [4.69, 9.17) is 0 Å². The first-order valence-corrected chi connectivity index (χ1v) is 8.54. The van der Waals surface area contributed by atoms with Gasteiger partial charge in [0.2, 0.25) is 5.91 Å². The second kappa shape index (κ2) is 7.68. The number of imidazole rings is 1. The lowest BCUT2D eigenvalue weighted by Crippen LogP contribution is -2.51. The fourth-order valence-electron chi connectivity index (χ4n) is 3.05. The van der Waals surface area contributed by atoms with E-state index in [9.17, 15) is 9.59 Å². The summed E-state index contributed by atoms with van der Waals surface area (Å²) in [6, 6.07) is -0.608. The van der Waals surface area contributed by atoms with Gasteiger partial charge in [-0.25, -0.2) is 9.78 Å². The van der Waals surface area contributed by atoms with Crippen molar-refractivity contribution in [3.63, 3.8) is 0 Å². The van der Waals surface area contributed by atoms with Gasteiger partial charge < -0.3 is 19.9 Å². The summed E-state index contributed by atoms with van der Waals surface area (Å²) in [6.45, 7) is 8.67. The first-order chi connectivity index (χ1) is 11.3. The summed E-state index contributed by atoms with van der Waals surface area (Å²) in [5.41, 5.74) is 0.963. The van der Waals surface area contributed by atoms with E-state index in [1.165, 1.54) is 7.11 Å². The molecule has 1 fully saturated rings. The van der Waals surface area contributed by atoms with E-state index in [2.05, 4.69) is 33.9 Å². The van der Waals surface area contributed by atoms with E-state index >= 15 is 0 Å². The first-order valence-electron chi connectivity index (χ1n) is 8.54. The molecule has 1 aliphatic rings. The van der Waals surface area contributed by atoms with Gasteiger partial charge in [-0.2, -0.15) is 0 Å². The molecule has 0 saturated carbocycles. The summed E-state index contributed by atoms with van der Waals surface area (Å²) < 4.78 is 4.65. The minimum absolute atomic E-state index is 0.0156. The number of carbonyl (C=O) groups is 2. The highest BCUT2D eigenvalue weighted by atomic mass is 16.5. The summed E-state index contributed by atoms with van der Waals surface area (Å²) in [4.78, 5) is 34.1. The molecule has 1 aromatic rings. The average molecular weight is 336 g/mol. The van der Waals surface area contributed by atoms with Crippen LogP contribution in [-0.4, -0.2) is 46.6 Å². The number of amides is 2. The van der Waals surface area contributed by atoms with Gasteiger partial charge in [-0.3, -0.25) is 4.79 Å². The first kappa shape index (κ1) is 18.3. The molecule has 1 saturated heterocycles. The van der Waals surface area contributed by atoms with Gasteiger partial charge in [0.25, 0.3) is 0 Å². The highest BCUT2D eigenvalue weighted by Crippen LogP contribution is 2.32. The van der Waals surface area contributed by atoms with Crippen LogP contribution >= 0.6 is 0 Å². The Balaban J connectivity index is 2.17. The van der Waals surface area contributed by atoms with Crippen LogP contribution in [0.25, 0.3) is 0 Å². The molecule has 2 amide bonds. The number of carbonyl (C=O) groups excluding carboxylic acids is 2. The van der Waals surface area contributed by atoms with Crippen LogP contribution in [0.4, 0.5) is 4.79 Å². The molecular formula is C17H28N4O3. The van der Waals surface area contributed by atoms with Crippen LogP contribution in [0.2, 0.25) is 0 Å². The molecule has 1 aromatic heterocycles. The lowest BCUT2D eigenvalue weighted by atomic mass is 10.0. The van der Waals surface area contributed by atoms with Crippen LogP contribution in [0.15, 0.2) is 6.20 Å². The molecule has 0 radical (unpaired) electrons. The van der Waals surface area contributed by atoms with Gasteiger partial charge in [-0.15, -0.1) is 0 Å². The number of hydrogen-bond acceptors (Lipinski definition) is 4. The fourth-order valence-corrected chi connectivity index (χ4v) is 3.05. The maximum atomic E-state index is 13.0. The lowest BCUT2D eigenvalue weighted by Gasteiger charge is -2.30. The molecule has 24 heavy (non-hydrogen) atoms. The van der Waals surface area contributed by atoms with Gasteiger partial charge in [0.1, 0.15) is 11.9 Å². The number of likely N-dealkylation sites (tertiary alicyclic amines) is 1. The Morgan fingerprint density at radius 3 is 2.62 bits per heavy atom. The van der Waals surface area contributed by atoms with E-state index in [-0.39, 0.29) is 17.9 Å². The van der Waals surface area contributed by atoms with Gasteiger partial charge >= 0.3 is 6.09 Å². The summed E-state index contributed by atoms with van der Waals surface area (Å²) in [7, 11) is 1.30. The molecule has 2 heterocycles. The lowest BCUT2D eigenvalue weighted by molar-refractivity contribution is -0.135. The number of rotatable bonds is 5. The van der Waals surface area contributed by atoms with Gasteiger partial charge in [-0.1, -0.05) is 27.7 Å². The zero-order valence-electron chi connectivity index (χ0n) is 15.1. The fraction of sp³-hybridized carbons (Fsp3) is 0.706. The minimum atomic E-state index is -0.592. The molecular weight excluding hydrogens is 308 g/mol. The van der Waals surface area contributed by atoms with Crippen LogP contribution in [-0.2, 0) is 9.53 Å². The largest absolute Gasteiger partial charge is 0.453 e. The Morgan fingerprint density at radius 2 is 2.08 bits per heavy atom. The molecule has 2 atom stereocenters. The Bertz CT molecular complexity index is 582. The van der Waals surface area contributed by atoms with Crippen molar-refractivity contribution in [1.82, 2.24) is 20.2 Å². The van der Waals surface area contributed by atoms with E-state index in [1.54, 1.807) is 0 Å². The molecule has 0 bridgehead atoms. The van der Waals surface area contributed by atoms with E-state index in [0.717, 1.165) is 24.4 Å². The number of hydrogen-bond donors (Lipinski definition) is 2. The van der Waals surface area contributed by atoms with Crippen molar-refractivity contribution in [2.24, 2.45) is 5.92 Å². The number of methoxy groups -OCH3 is 1. The molecule has 2 rings (SSSR count). The molecule has 7 heteroatoms. The number of aromatic nitrogens is 2. The van der Waals surface area contributed by atoms with Crippen LogP contribution in [0.3, 0.4) is 0 Å². The zero-order valence-corrected chi connectivity index (χ0v) is 15.1. The van der Waals surface area contributed by atoms with Crippen LogP contribution in [0.5, 0.6) is 0 Å². The highest BCUT2D eigenvalue weighted by Gasteiger charge is 2.36. The van der Waals surface area contributed by atoms with Crippen molar-refractivity contribution in [3.05, 3.63) is 17.7 Å². The van der Waals surface area contributed by atoms with Crippen molar-refractivity contribution >= 4 is 12.0 Å². The number of alkyl carbamates (subject to hydrolysis) is 1. The van der Waals surface area contributed by atoms with Crippen molar-refractivity contribution in [2.45, 2.75) is 58.5 Å². The smallest absolute Gasteiger partial charge is 0.407 e. The summed E-state index contributed by atoms with van der Waals surface area (Å²) in [6.07, 6.45) is 3.08. The number of H-pyrrole nitrogens is 1. The van der Waals surface area contributed by atoms with Gasteiger partial charge in [-0.05, 0) is 18.8 Å².